The van der Waals surface area contributed by atoms with Gasteiger partial charge in [0.2, 0.25) is 0 Å². The van der Waals surface area contributed by atoms with E-state index in [2.05, 4.69) is 0 Å². The fraction of sp³-hybridized carbons (Fsp3) is 0.278. The van der Waals surface area contributed by atoms with E-state index in [9.17, 15) is 4.79 Å². The summed E-state index contributed by atoms with van der Waals surface area (Å²) in [4.78, 5) is 17.1. The highest BCUT2D eigenvalue weighted by atomic mass is 35.5. The van der Waals surface area contributed by atoms with Gasteiger partial charge in [-0.2, -0.15) is 0 Å². The second kappa shape index (κ2) is 7.02. The standard InChI is InChI=1S/C18H18ClNO3/c1-13(21)22-12-17-11-18(14-7-9-15(19)10-8-14)20(23-17)16-5-3-2-4-6-16/h2-10,17-18H,11-12H2,1H3. The van der Waals surface area contributed by atoms with Crippen molar-refractivity contribution in [2.45, 2.75) is 25.5 Å². The Morgan fingerprint density at radius 1 is 1.22 bits per heavy atom. The zero-order valence-electron chi connectivity index (χ0n) is 12.8. The quantitative estimate of drug-likeness (QED) is 0.789. The van der Waals surface area contributed by atoms with Crippen LogP contribution in [0.4, 0.5) is 5.69 Å². The van der Waals surface area contributed by atoms with Crippen LogP contribution in [0.5, 0.6) is 0 Å². The number of benzene rings is 2. The third kappa shape index (κ3) is 3.84. The maximum Gasteiger partial charge on any atom is 0.302 e. The molecule has 0 radical (unpaired) electrons. The molecular formula is C18H18ClNO3. The van der Waals surface area contributed by atoms with Crippen LogP contribution >= 0.6 is 11.6 Å². The normalized spacial score (nSPS) is 20.5. The maximum atomic E-state index is 11.0. The first-order valence-corrected chi connectivity index (χ1v) is 7.91. The van der Waals surface area contributed by atoms with Gasteiger partial charge in [0.25, 0.3) is 0 Å². The lowest BCUT2D eigenvalue weighted by molar-refractivity contribution is -0.144. The van der Waals surface area contributed by atoms with E-state index in [0.717, 1.165) is 17.7 Å². The molecule has 5 heteroatoms. The van der Waals surface area contributed by atoms with Crippen LogP contribution in [0, 0.1) is 0 Å². The molecule has 23 heavy (non-hydrogen) atoms. The molecule has 120 valence electrons. The van der Waals surface area contributed by atoms with Crippen LogP contribution in [0.3, 0.4) is 0 Å². The molecule has 1 aliphatic rings. The highest BCUT2D eigenvalue weighted by Crippen LogP contribution is 2.38. The van der Waals surface area contributed by atoms with Gasteiger partial charge < -0.3 is 4.74 Å². The maximum absolute atomic E-state index is 11.0. The number of ether oxygens (including phenoxy) is 1. The zero-order valence-corrected chi connectivity index (χ0v) is 13.6. The summed E-state index contributed by atoms with van der Waals surface area (Å²) in [5, 5.41) is 2.59. The molecule has 2 atom stereocenters. The molecule has 0 amide bonds. The van der Waals surface area contributed by atoms with Gasteiger partial charge in [0.15, 0.2) is 0 Å². The van der Waals surface area contributed by atoms with E-state index in [4.69, 9.17) is 21.2 Å². The largest absolute Gasteiger partial charge is 0.463 e. The minimum atomic E-state index is -0.296. The number of rotatable bonds is 4. The lowest BCUT2D eigenvalue weighted by Crippen LogP contribution is -2.23. The van der Waals surface area contributed by atoms with E-state index in [1.54, 1.807) is 0 Å². The van der Waals surface area contributed by atoms with Crippen LogP contribution in [-0.4, -0.2) is 18.7 Å². The molecule has 0 saturated carbocycles. The third-order valence-corrected chi connectivity index (χ3v) is 4.02. The first kappa shape index (κ1) is 15.8. The van der Waals surface area contributed by atoms with Gasteiger partial charge in [0.05, 0.1) is 11.7 Å². The molecule has 0 spiro atoms. The Balaban J connectivity index is 1.84. The average molecular weight is 332 g/mol. The van der Waals surface area contributed by atoms with Gasteiger partial charge in [-0.05, 0) is 29.8 Å². The molecule has 0 bridgehead atoms. The van der Waals surface area contributed by atoms with Gasteiger partial charge in [-0.25, -0.2) is 5.06 Å². The summed E-state index contributed by atoms with van der Waals surface area (Å²) in [7, 11) is 0. The molecule has 1 saturated heterocycles. The van der Waals surface area contributed by atoms with Crippen molar-refractivity contribution in [1.29, 1.82) is 0 Å². The number of hydrogen-bond acceptors (Lipinski definition) is 4. The number of para-hydroxylation sites is 1. The van der Waals surface area contributed by atoms with Gasteiger partial charge in [0.1, 0.15) is 12.7 Å². The molecule has 1 heterocycles. The Bertz CT molecular complexity index is 660. The van der Waals surface area contributed by atoms with Crippen molar-refractivity contribution >= 4 is 23.3 Å². The van der Waals surface area contributed by atoms with Crippen LogP contribution in [0.25, 0.3) is 0 Å². The molecule has 2 aromatic rings. The highest BCUT2D eigenvalue weighted by Gasteiger charge is 2.35. The molecule has 1 aliphatic heterocycles. The topological polar surface area (TPSA) is 38.8 Å². The molecule has 0 N–H and O–H groups in total. The number of nitrogens with zero attached hydrogens (tertiary/aromatic N) is 1. The van der Waals surface area contributed by atoms with Gasteiger partial charge in [-0.15, -0.1) is 0 Å². The number of esters is 1. The molecule has 1 fully saturated rings. The highest BCUT2D eigenvalue weighted by molar-refractivity contribution is 6.30. The second-order valence-electron chi connectivity index (χ2n) is 5.49. The number of hydrogen-bond donors (Lipinski definition) is 0. The Labute approximate surface area is 140 Å². The molecular weight excluding hydrogens is 314 g/mol. The summed E-state index contributed by atoms with van der Waals surface area (Å²) >= 11 is 5.98. The van der Waals surface area contributed by atoms with Crippen molar-refractivity contribution in [3.63, 3.8) is 0 Å². The fourth-order valence-corrected chi connectivity index (χ4v) is 2.83. The Morgan fingerprint density at radius 3 is 2.57 bits per heavy atom. The van der Waals surface area contributed by atoms with Crippen molar-refractivity contribution in [3.05, 3.63) is 65.2 Å². The lowest BCUT2D eigenvalue weighted by Gasteiger charge is -2.25. The fourth-order valence-electron chi connectivity index (χ4n) is 2.70. The summed E-state index contributed by atoms with van der Waals surface area (Å²) in [5.41, 5.74) is 2.08. The van der Waals surface area contributed by atoms with Crippen LogP contribution in [0.1, 0.15) is 24.9 Å². The smallest absolute Gasteiger partial charge is 0.302 e. The SMILES string of the molecule is CC(=O)OCC1CC(c2ccc(Cl)cc2)N(c2ccccc2)O1. The Kier molecular flexibility index (Phi) is 4.84. The lowest BCUT2D eigenvalue weighted by atomic mass is 10.0. The summed E-state index contributed by atoms with van der Waals surface area (Å²) in [5.74, 6) is -0.296. The van der Waals surface area contributed by atoms with Crippen LogP contribution < -0.4 is 5.06 Å². The molecule has 2 aromatic carbocycles. The summed E-state index contributed by atoms with van der Waals surface area (Å²) in [6, 6.07) is 17.7. The molecule has 0 aliphatic carbocycles. The van der Waals surface area contributed by atoms with E-state index in [0.29, 0.717) is 5.02 Å². The van der Waals surface area contributed by atoms with E-state index < -0.39 is 0 Å². The molecule has 2 unspecified atom stereocenters. The van der Waals surface area contributed by atoms with E-state index >= 15 is 0 Å². The van der Waals surface area contributed by atoms with Gasteiger partial charge in [0, 0.05) is 18.4 Å². The average Bonchev–Trinajstić information content (AvgIpc) is 2.99. The zero-order chi connectivity index (χ0) is 16.2. The first-order valence-electron chi connectivity index (χ1n) is 7.53. The van der Waals surface area contributed by atoms with Crippen LogP contribution in [0.2, 0.25) is 5.02 Å². The van der Waals surface area contributed by atoms with E-state index in [1.165, 1.54) is 6.92 Å². The molecule has 3 rings (SSSR count). The van der Waals surface area contributed by atoms with Crippen molar-refractivity contribution in [3.8, 4) is 0 Å². The van der Waals surface area contributed by atoms with E-state index in [-0.39, 0.29) is 24.7 Å². The summed E-state index contributed by atoms with van der Waals surface area (Å²) in [6.45, 7) is 1.66. The van der Waals surface area contributed by atoms with Crippen molar-refractivity contribution in [1.82, 2.24) is 0 Å². The Morgan fingerprint density at radius 2 is 1.91 bits per heavy atom. The number of halogens is 1. The Hall–Kier alpha value is -2.04. The number of carbonyl (C=O) groups is 1. The van der Waals surface area contributed by atoms with Crippen LogP contribution in [-0.2, 0) is 14.4 Å². The second-order valence-corrected chi connectivity index (χ2v) is 5.93. The first-order chi connectivity index (χ1) is 11.1. The summed E-state index contributed by atoms with van der Waals surface area (Å²) < 4.78 is 5.10. The van der Waals surface area contributed by atoms with Gasteiger partial charge in [-0.1, -0.05) is 41.9 Å². The number of anilines is 1. The van der Waals surface area contributed by atoms with Crippen molar-refractivity contribution in [2.24, 2.45) is 0 Å². The van der Waals surface area contributed by atoms with Gasteiger partial charge in [-0.3, -0.25) is 9.63 Å². The number of carbonyl (C=O) groups excluding carboxylic acids is 1. The van der Waals surface area contributed by atoms with Crippen molar-refractivity contribution in [2.75, 3.05) is 11.7 Å². The summed E-state index contributed by atoms with van der Waals surface area (Å²) in [6.07, 6.45) is 0.573. The molecule has 4 nitrogen and oxygen atoms in total. The van der Waals surface area contributed by atoms with E-state index in [1.807, 2.05) is 59.7 Å². The monoisotopic (exact) mass is 331 g/mol. The minimum absolute atomic E-state index is 0.0511. The number of hydroxylamine groups is 1. The predicted molar refractivity (Wildman–Crippen MR) is 89.2 cm³/mol. The molecule has 0 aromatic heterocycles. The van der Waals surface area contributed by atoms with Crippen molar-refractivity contribution < 1.29 is 14.4 Å². The van der Waals surface area contributed by atoms with Gasteiger partial charge >= 0.3 is 5.97 Å². The minimum Gasteiger partial charge on any atom is -0.463 e. The predicted octanol–water partition coefficient (Wildman–Crippen LogP) is 4.15. The third-order valence-electron chi connectivity index (χ3n) is 3.77. The van der Waals surface area contributed by atoms with Crippen LogP contribution in [0.15, 0.2) is 54.6 Å².